The second-order valence-electron chi connectivity index (χ2n) is 13.3. The molecule has 4 fully saturated rings. The van der Waals surface area contributed by atoms with E-state index in [0.717, 1.165) is 17.4 Å². The van der Waals surface area contributed by atoms with Crippen LogP contribution in [0.2, 0.25) is 0 Å². The van der Waals surface area contributed by atoms with Crippen molar-refractivity contribution in [2.45, 2.75) is 106 Å². The molecule has 3 unspecified atom stereocenters. The number of aromatic carboxylic acids is 1. The van der Waals surface area contributed by atoms with Crippen molar-refractivity contribution < 1.29 is 22.5 Å². The van der Waals surface area contributed by atoms with Crippen LogP contribution in [-0.2, 0) is 14.3 Å². The number of carboxylic acids is 1. The number of hydrogen-bond acceptors (Lipinski definition) is 7. The van der Waals surface area contributed by atoms with Gasteiger partial charge in [-0.05, 0) is 88.0 Å². The molecule has 2 saturated heterocycles. The first-order valence-corrected chi connectivity index (χ1v) is 17.1. The normalized spacial score (nSPS) is 31.1. The molecule has 0 radical (unpaired) electrons. The topological polar surface area (TPSA) is 119 Å². The fourth-order valence-electron chi connectivity index (χ4n) is 8.83. The molecule has 0 amide bonds. The lowest BCUT2D eigenvalue weighted by atomic mass is 9.68. The number of aryl methyl sites for hydroxylation is 1. The summed E-state index contributed by atoms with van der Waals surface area (Å²) >= 11 is 0. The molecule has 228 valence electrons. The van der Waals surface area contributed by atoms with Crippen molar-refractivity contribution in [2.75, 3.05) is 0 Å². The van der Waals surface area contributed by atoms with Crippen LogP contribution >= 0.6 is 0 Å². The van der Waals surface area contributed by atoms with Gasteiger partial charge in [-0.15, -0.1) is 0 Å². The molecule has 4 bridgehead atoms. The number of nitrogens with zero attached hydrogens (tertiary/aromatic N) is 3. The number of benzene rings is 2. The first kappa shape index (κ1) is 28.7. The third-order valence-corrected chi connectivity index (χ3v) is 11.8. The molecule has 1 aromatic heterocycles. The third-order valence-electron chi connectivity index (χ3n) is 10.5. The van der Waals surface area contributed by atoms with E-state index < -0.39 is 33.4 Å². The van der Waals surface area contributed by atoms with E-state index in [-0.39, 0.29) is 23.0 Å². The fourth-order valence-corrected chi connectivity index (χ4v) is 9.92. The lowest BCUT2D eigenvalue weighted by Crippen LogP contribution is -2.61. The zero-order chi connectivity index (χ0) is 29.9. The summed E-state index contributed by atoms with van der Waals surface area (Å²) in [7, 11) is -3.93. The molecule has 3 heterocycles. The van der Waals surface area contributed by atoms with E-state index in [1.807, 2.05) is 19.1 Å². The predicted octanol–water partition coefficient (Wildman–Crippen LogP) is 5.31. The number of aromatic nitrogens is 2. The van der Waals surface area contributed by atoms with Crippen LogP contribution in [0.5, 0.6) is 0 Å². The third kappa shape index (κ3) is 5.42. The highest BCUT2D eigenvalue weighted by molar-refractivity contribution is 7.86. The molecular weight excluding hydrogens is 566 g/mol. The highest BCUT2D eigenvalue weighted by atomic mass is 32.2. The molecule has 43 heavy (non-hydrogen) atoms. The Morgan fingerprint density at radius 1 is 0.860 bits per heavy atom. The van der Waals surface area contributed by atoms with Crippen LogP contribution in [-0.4, -0.2) is 58.2 Å². The van der Waals surface area contributed by atoms with Gasteiger partial charge in [0.2, 0.25) is 5.69 Å². The van der Waals surface area contributed by atoms with Crippen molar-refractivity contribution in [1.29, 1.82) is 0 Å². The van der Waals surface area contributed by atoms with Gasteiger partial charge in [0.1, 0.15) is 0 Å². The van der Waals surface area contributed by atoms with E-state index in [1.165, 1.54) is 38.5 Å². The van der Waals surface area contributed by atoms with Gasteiger partial charge in [0.15, 0.2) is 0 Å². The van der Waals surface area contributed by atoms with E-state index in [1.54, 1.807) is 41.0 Å². The second kappa shape index (κ2) is 11.1. The molecule has 1 N–H and O–H groups in total. The summed E-state index contributed by atoms with van der Waals surface area (Å²) in [6, 6.07) is 14.2. The van der Waals surface area contributed by atoms with Gasteiger partial charge in [0, 0.05) is 24.2 Å². The van der Waals surface area contributed by atoms with Crippen LogP contribution in [0.4, 0.5) is 0 Å². The molecule has 0 spiro atoms. The van der Waals surface area contributed by atoms with Gasteiger partial charge in [-0.3, -0.25) is 13.9 Å². The van der Waals surface area contributed by atoms with Crippen molar-refractivity contribution in [3.05, 3.63) is 70.1 Å². The van der Waals surface area contributed by atoms with E-state index in [0.29, 0.717) is 42.8 Å². The van der Waals surface area contributed by atoms with Gasteiger partial charge in [-0.2, -0.15) is 8.42 Å². The number of fused-ring (bicyclic) bond motifs is 5. The van der Waals surface area contributed by atoms with Crippen molar-refractivity contribution in [3.63, 3.8) is 0 Å². The molecule has 2 aliphatic heterocycles. The van der Waals surface area contributed by atoms with Crippen LogP contribution in [0.25, 0.3) is 11.0 Å². The number of para-hydroxylation sites is 2. The van der Waals surface area contributed by atoms with Crippen molar-refractivity contribution in [1.82, 2.24) is 14.5 Å². The summed E-state index contributed by atoms with van der Waals surface area (Å²) in [6.45, 7) is 1.92. The van der Waals surface area contributed by atoms with Gasteiger partial charge in [0.05, 0.1) is 22.0 Å². The monoisotopic (exact) mass is 605 g/mol. The molecule has 6 atom stereocenters. The van der Waals surface area contributed by atoms with E-state index >= 15 is 0 Å². The number of carbonyl (C=O) groups is 1. The Labute approximate surface area is 252 Å². The van der Waals surface area contributed by atoms with Crippen LogP contribution in [0, 0.1) is 18.8 Å². The quantitative estimate of drug-likeness (QED) is 0.376. The maximum absolute atomic E-state index is 13.6. The number of carboxylic acid groups (broad SMARTS) is 1. The summed E-state index contributed by atoms with van der Waals surface area (Å²) in [6.07, 6.45) is 9.44. The molecule has 2 aromatic carbocycles. The highest BCUT2D eigenvalue weighted by Crippen LogP contribution is 2.48. The summed E-state index contributed by atoms with van der Waals surface area (Å²) in [5.74, 6) is 0.162. The van der Waals surface area contributed by atoms with E-state index in [4.69, 9.17) is 4.18 Å². The number of hydrogen-bond donors (Lipinski definition) is 1. The van der Waals surface area contributed by atoms with Crippen LogP contribution in [0.1, 0.15) is 86.3 Å². The average Bonchev–Trinajstić information content (AvgIpc) is 2.96. The fraction of sp³-hybridized carbons (Fsp3) is 0.545. The minimum absolute atomic E-state index is 0.0200. The summed E-state index contributed by atoms with van der Waals surface area (Å²) < 4.78 is 34.1. The smallest absolute Gasteiger partial charge is 0.360 e. The summed E-state index contributed by atoms with van der Waals surface area (Å²) in [5, 5.41) is 9.79. The minimum atomic E-state index is -3.93. The molecule has 2 aliphatic carbocycles. The van der Waals surface area contributed by atoms with Gasteiger partial charge in [-0.1, -0.05) is 49.1 Å². The first-order valence-electron chi connectivity index (χ1n) is 15.7. The first-order chi connectivity index (χ1) is 20.7. The molecule has 2 saturated carbocycles. The molecule has 7 rings (SSSR count). The highest BCUT2D eigenvalue weighted by Gasteiger charge is 2.48. The molecule has 9 nitrogen and oxygen atoms in total. The maximum Gasteiger partial charge on any atom is 0.360 e. The van der Waals surface area contributed by atoms with E-state index in [9.17, 15) is 23.1 Å². The van der Waals surface area contributed by atoms with Gasteiger partial charge < -0.3 is 9.67 Å². The molecule has 10 heteroatoms. The number of piperidine rings is 2. The van der Waals surface area contributed by atoms with Gasteiger partial charge in [-0.25, -0.2) is 9.78 Å². The summed E-state index contributed by atoms with van der Waals surface area (Å²) in [5.41, 5.74) is 1.06. The zero-order valence-corrected chi connectivity index (χ0v) is 25.3. The Hall–Kier alpha value is -3.08. The minimum Gasteiger partial charge on any atom is -0.476 e. The Bertz CT molecular complexity index is 1680. The van der Waals surface area contributed by atoms with Crippen LogP contribution < -0.4 is 5.56 Å². The Balaban J connectivity index is 1.22. The van der Waals surface area contributed by atoms with Gasteiger partial charge in [0.25, 0.3) is 15.7 Å². The Morgan fingerprint density at radius 3 is 2.14 bits per heavy atom. The van der Waals surface area contributed by atoms with Gasteiger partial charge >= 0.3 is 5.97 Å². The van der Waals surface area contributed by atoms with Crippen LogP contribution in [0.3, 0.4) is 0 Å². The number of rotatable bonds is 6. The average molecular weight is 606 g/mol. The Morgan fingerprint density at radius 2 is 1.49 bits per heavy atom. The molecule has 4 aliphatic rings. The van der Waals surface area contributed by atoms with Crippen molar-refractivity contribution in [3.8, 4) is 0 Å². The van der Waals surface area contributed by atoms with Crippen LogP contribution in [0.15, 0.2) is 58.2 Å². The van der Waals surface area contributed by atoms with E-state index in [2.05, 4.69) is 9.88 Å². The van der Waals surface area contributed by atoms with Crippen molar-refractivity contribution in [2.24, 2.45) is 11.8 Å². The molecule has 3 aromatic rings. The Kier molecular flexibility index (Phi) is 7.42. The summed E-state index contributed by atoms with van der Waals surface area (Å²) in [4.78, 5) is 32.6. The lowest BCUT2D eigenvalue weighted by Gasteiger charge is -2.56. The lowest BCUT2D eigenvalue weighted by molar-refractivity contribution is -0.0770. The molecular formula is C33H39N3O6S. The zero-order valence-electron chi connectivity index (χ0n) is 24.5. The largest absolute Gasteiger partial charge is 0.476 e. The SMILES string of the molecule is Cc1ccc(S(=O)(=O)OC2C[C@@H]3C[C@H](n4c(=O)c(C(=O)O)nc5ccccc54)C[C@H](C2)N3C2CC3CCCC(C3)C2)cc1. The maximum atomic E-state index is 13.6. The standard InChI is InChI=1S/C33H39N3O6S/c1-20-9-11-28(12-10-20)43(40,41)42-27-18-25-16-24(36-30-8-3-2-7-29(30)34-31(32(36)37)33(38)39)17-26(19-27)35(25)23-14-21-5-4-6-22(13-21)15-23/h2-3,7-12,21-27H,4-6,13-19H2,1H3,(H,38,39)/t21?,22?,23?,24-,25-,26+,27?. The second-order valence-corrected chi connectivity index (χ2v) is 14.9. The van der Waals surface area contributed by atoms with Crippen molar-refractivity contribution >= 4 is 27.1 Å². The predicted molar refractivity (Wildman–Crippen MR) is 162 cm³/mol.